The molecule has 1 heterocycles. The van der Waals surface area contributed by atoms with Gasteiger partial charge in [-0.3, -0.25) is 4.79 Å². The average molecular weight is 405 g/mol. The van der Waals surface area contributed by atoms with Gasteiger partial charge in [0.2, 0.25) is 0 Å². The first kappa shape index (κ1) is 21.4. The number of methoxy groups -OCH3 is 2. The maximum absolute atomic E-state index is 12.4. The van der Waals surface area contributed by atoms with Crippen molar-refractivity contribution >= 4 is 11.9 Å². The molecule has 0 bridgehead atoms. The van der Waals surface area contributed by atoms with Crippen molar-refractivity contribution < 1.29 is 28.9 Å². The third-order valence-electron chi connectivity index (χ3n) is 6.52. The highest BCUT2D eigenvalue weighted by Gasteiger charge is 2.49. The SMILES string of the molecule is COC(=O)C(=O)N1CC(c2ccc(OC)c(OC3CCCC3)c2)C(C)(C(C)O)C1. The van der Waals surface area contributed by atoms with E-state index in [1.54, 1.807) is 14.0 Å². The van der Waals surface area contributed by atoms with Crippen molar-refractivity contribution in [2.24, 2.45) is 5.41 Å². The van der Waals surface area contributed by atoms with E-state index < -0.39 is 23.4 Å². The van der Waals surface area contributed by atoms with E-state index in [0.29, 0.717) is 18.0 Å². The van der Waals surface area contributed by atoms with Crippen molar-refractivity contribution in [3.63, 3.8) is 0 Å². The molecule has 7 nitrogen and oxygen atoms in total. The largest absolute Gasteiger partial charge is 0.493 e. The molecule has 1 amide bonds. The predicted molar refractivity (Wildman–Crippen MR) is 107 cm³/mol. The second-order valence-electron chi connectivity index (χ2n) is 8.35. The zero-order chi connectivity index (χ0) is 21.2. The number of benzene rings is 1. The highest BCUT2D eigenvalue weighted by Crippen LogP contribution is 2.47. The number of hydrogen-bond donors (Lipinski definition) is 1. The number of aliphatic hydroxyl groups excluding tert-OH is 1. The van der Waals surface area contributed by atoms with Crippen LogP contribution in [0.5, 0.6) is 11.5 Å². The van der Waals surface area contributed by atoms with E-state index in [9.17, 15) is 14.7 Å². The molecule has 2 aliphatic rings. The van der Waals surface area contributed by atoms with E-state index in [1.807, 2.05) is 25.1 Å². The number of amides is 1. The molecule has 1 saturated carbocycles. The summed E-state index contributed by atoms with van der Waals surface area (Å²) in [6, 6.07) is 5.76. The lowest BCUT2D eigenvalue weighted by atomic mass is 9.72. The minimum Gasteiger partial charge on any atom is -0.493 e. The van der Waals surface area contributed by atoms with Crippen LogP contribution >= 0.6 is 0 Å². The summed E-state index contributed by atoms with van der Waals surface area (Å²) in [6.07, 6.45) is 3.90. The van der Waals surface area contributed by atoms with Gasteiger partial charge in [0.15, 0.2) is 11.5 Å². The number of nitrogens with zero attached hydrogens (tertiary/aromatic N) is 1. The zero-order valence-electron chi connectivity index (χ0n) is 17.6. The molecule has 1 aromatic rings. The molecule has 2 fully saturated rings. The van der Waals surface area contributed by atoms with Crippen molar-refractivity contribution in [1.82, 2.24) is 4.90 Å². The van der Waals surface area contributed by atoms with Crippen LogP contribution in [0, 0.1) is 5.41 Å². The van der Waals surface area contributed by atoms with Crippen LogP contribution in [-0.2, 0) is 14.3 Å². The molecule has 0 spiro atoms. The number of hydrogen-bond acceptors (Lipinski definition) is 6. The minimum absolute atomic E-state index is 0.159. The first-order chi connectivity index (χ1) is 13.8. The third kappa shape index (κ3) is 4.20. The van der Waals surface area contributed by atoms with Crippen LogP contribution in [0.1, 0.15) is 51.0 Å². The first-order valence-electron chi connectivity index (χ1n) is 10.2. The van der Waals surface area contributed by atoms with E-state index in [-0.39, 0.29) is 18.6 Å². The maximum Gasteiger partial charge on any atom is 0.396 e. The third-order valence-corrected chi connectivity index (χ3v) is 6.52. The van der Waals surface area contributed by atoms with E-state index >= 15 is 0 Å². The summed E-state index contributed by atoms with van der Waals surface area (Å²) in [5.41, 5.74) is 0.338. The van der Waals surface area contributed by atoms with Gasteiger partial charge in [-0.25, -0.2) is 4.79 Å². The Labute approximate surface area is 171 Å². The number of aliphatic hydroxyl groups is 1. The van der Waals surface area contributed by atoms with E-state index in [2.05, 4.69) is 4.74 Å². The molecule has 1 N–H and O–H groups in total. The Balaban J connectivity index is 1.91. The van der Waals surface area contributed by atoms with Gasteiger partial charge in [-0.2, -0.15) is 0 Å². The fourth-order valence-electron chi connectivity index (χ4n) is 4.48. The summed E-state index contributed by atoms with van der Waals surface area (Å²) in [5, 5.41) is 10.5. The highest BCUT2D eigenvalue weighted by molar-refractivity contribution is 6.32. The second-order valence-corrected chi connectivity index (χ2v) is 8.35. The van der Waals surface area contributed by atoms with Gasteiger partial charge in [0, 0.05) is 24.4 Å². The predicted octanol–water partition coefficient (Wildman–Crippen LogP) is 2.50. The number of carbonyl (C=O) groups is 2. The molecule has 29 heavy (non-hydrogen) atoms. The van der Waals surface area contributed by atoms with Crippen LogP contribution in [-0.4, -0.2) is 61.4 Å². The molecule has 3 rings (SSSR count). The molecule has 3 atom stereocenters. The maximum atomic E-state index is 12.4. The van der Waals surface area contributed by atoms with E-state index in [0.717, 1.165) is 18.4 Å². The smallest absolute Gasteiger partial charge is 0.396 e. The standard InChI is InChI=1S/C22H31NO6/c1-14(24)22(2)13-23(20(25)21(26)28-4)12-17(22)15-9-10-18(27-3)19(11-15)29-16-7-5-6-8-16/h9-11,14,16-17,24H,5-8,12-13H2,1-4H3. The van der Waals surface area contributed by atoms with Gasteiger partial charge in [-0.05, 0) is 50.3 Å². The van der Waals surface area contributed by atoms with Crippen molar-refractivity contribution in [2.45, 2.75) is 57.7 Å². The average Bonchev–Trinajstić information content (AvgIpc) is 3.35. The summed E-state index contributed by atoms with van der Waals surface area (Å²) in [6.45, 7) is 4.26. The number of rotatable bonds is 5. The van der Waals surface area contributed by atoms with E-state index in [1.165, 1.54) is 24.9 Å². The van der Waals surface area contributed by atoms with Crippen molar-refractivity contribution in [2.75, 3.05) is 27.3 Å². The Hall–Kier alpha value is -2.28. The molecule has 160 valence electrons. The van der Waals surface area contributed by atoms with Gasteiger partial charge in [-0.15, -0.1) is 0 Å². The number of likely N-dealkylation sites (tertiary alicyclic amines) is 1. The Morgan fingerprint density at radius 3 is 2.48 bits per heavy atom. The lowest BCUT2D eigenvalue weighted by Gasteiger charge is -2.34. The Morgan fingerprint density at radius 1 is 1.21 bits per heavy atom. The fraction of sp³-hybridized carbons (Fsp3) is 0.636. The Kier molecular flexibility index (Phi) is 6.36. The van der Waals surface area contributed by atoms with Crippen LogP contribution in [0.4, 0.5) is 0 Å². The molecule has 0 aromatic heterocycles. The van der Waals surface area contributed by atoms with Crippen LogP contribution in [0.15, 0.2) is 18.2 Å². The molecule has 7 heteroatoms. The van der Waals surface area contributed by atoms with Crippen molar-refractivity contribution in [3.8, 4) is 11.5 Å². The van der Waals surface area contributed by atoms with Crippen molar-refractivity contribution in [3.05, 3.63) is 23.8 Å². The Bertz CT molecular complexity index is 758. The molecule has 0 radical (unpaired) electrons. The van der Waals surface area contributed by atoms with Gasteiger partial charge in [0.25, 0.3) is 0 Å². The molecule has 3 unspecified atom stereocenters. The minimum atomic E-state index is -0.890. The summed E-state index contributed by atoms with van der Waals surface area (Å²) >= 11 is 0. The van der Waals surface area contributed by atoms with Gasteiger partial charge < -0.3 is 24.2 Å². The first-order valence-corrected chi connectivity index (χ1v) is 10.2. The summed E-state index contributed by atoms with van der Waals surface area (Å²) in [5.74, 6) is -0.383. The molecule has 1 aliphatic heterocycles. The van der Waals surface area contributed by atoms with Gasteiger partial charge >= 0.3 is 11.9 Å². The highest BCUT2D eigenvalue weighted by atomic mass is 16.5. The monoisotopic (exact) mass is 405 g/mol. The topological polar surface area (TPSA) is 85.3 Å². The molecule has 1 saturated heterocycles. The second kappa shape index (κ2) is 8.61. The van der Waals surface area contributed by atoms with Crippen LogP contribution < -0.4 is 9.47 Å². The molecular formula is C22H31NO6. The van der Waals surface area contributed by atoms with Crippen LogP contribution in [0.25, 0.3) is 0 Å². The normalized spacial score (nSPS) is 25.7. The molecule has 1 aromatic carbocycles. The lowest BCUT2D eigenvalue weighted by molar-refractivity contribution is -0.157. The lowest BCUT2D eigenvalue weighted by Crippen LogP contribution is -2.40. The number of ether oxygens (including phenoxy) is 3. The van der Waals surface area contributed by atoms with E-state index in [4.69, 9.17) is 9.47 Å². The number of esters is 1. The molecular weight excluding hydrogens is 374 g/mol. The van der Waals surface area contributed by atoms with Crippen molar-refractivity contribution in [1.29, 1.82) is 0 Å². The fourth-order valence-corrected chi connectivity index (χ4v) is 4.48. The van der Waals surface area contributed by atoms with Gasteiger partial charge in [0.05, 0.1) is 26.4 Å². The van der Waals surface area contributed by atoms with Gasteiger partial charge in [0.1, 0.15) is 0 Å². The summed E-state index contributed by atoms with van der Waals surface area (Å²) in [7, 11) is 2.81. The quantitative estimate of drug-likeness (QED) is 0.598. The summed E-state index contributed by atoms with van der Waals surface area (Å²) < 4.78 is 16.3. The summed E-state index contributed by atoms with van der Waals surface area (Å²) in [4.78, 5) is 25.6. The van der Waals surface area contributed by atoms with Crippen LogP contribution in [0.3, 0.4) is 0 Å². The van der Waals surface area contributed by atoms with Gasteiger partial charge in [-0.1, -0.05) is 13.0 Å². The zero-order valence-corrected chi connectivity index (χ0v) is 17.6. The number of carbonyl (C=O) groups excluding carboxylic acids is 2. The molecule has 1 aliphatic carbocycles. The van der Waals surface area contributed by atoms with Crippen LogP contribution in [0.2, 0.25) is 0 Å². The Morgan fingerprint density at radius 2 is 1.90 bits per heavy atom.